The van der Waals surface area contributed by atoms with Crippen molar-refractivity contribution in [3.63, 3.8) is 0 Å². The number of aliphatic carboxylic acids is 1. The number of amides is 3. The number of anilines is 1. The summed E-state index contributed by atoms with van der Waals surface area (Å²) in [5, 5.41) is 12.1. The van der Waals surface area contributed by atoms with Crippen LogP contribution in [0, 0.1) is 11.3 Å². The molecule has 2 rings (SSSR count). The standard InChI is InChI=1S/C26H35N3O5/c1-15(2)20(13-16(3)25(33)34)29(8)24(32)22(26(4,5)6)27-21(30)14-18-17-11-9-10-12-19(17)28(7)23(18)31/h9-15,20,22H,1-8H3,(H,27,30)(H,33,34)/b16-13+,18-14+/t20-,22-/m1/s1. The summed E-state index contributed by atoms with van der Waals surface area (Å²) in [6.07, 6.45) is 2.80. The van der Waals surface area contributed by atoms with Crippen molar-refractivity contribution in [2.75, 3.05) is 19.0 Å². The third-order valence-corrected chi connectivity index (χ3v) is 6.00. The molecular weight excluding hydrogens is 434 g/mol. The van der Waals surface area contributed by atoms with Gasteiger partial charge in [-0.05, 0) is 24.3 Å². The molecule has 0 saturated heterocycles. The van der Waals surface area contributed by atoms with Gasteiger partial charge < -0.3 is 20.2 Å². The maximum atomic E-state index is 13.5. The SMILES string of the molecule is C/C(=C\[C@H](C(C)C)N(C)C(=O)[C@@H](NC(=O)/C=C1/C(=O)N(C)c2ccccc21)C(C)(C)C)C(=O)O. The number of nitrogens with zero attached hydrogens (tertiary/aromatic N) is 2. The Balaban J connectivity index is 2.35. The molecular formula is C26H35N3O5. The summed E-state index contributed by atoms with van der Waals surface area (Å²) in [4.78, 5) is 53.5. The van der Waals surface area contributed by atoms with Gasteiger partial charge in [-0.1, -0.05) is 58.9 Å². The first-order valence-corrected chi connectivity index (χ1v) is 11.2. The molecule has 8 heteroatoms. The first-order valence-electron chi connectivity index (χ1n) is 11.2. The average Bonchev–Trinajstić information content (AvgIpc) is 2.98. The van der Waals surface area contributed by atoms with Crippen molar-refractivity contribution in [2.24, 2.45) is 11.3 Å². The molecule has 2 atom stereocenters. The number of hydrogen-bond acceptors (Lipinski definition) is 4. The molecule has 0 bridgehead atoms. The summed E-state index contributed by atoms with van der Waals surface area (Å²) < 4.78 is 0. The van der Waals surface area contributed by atoms with Gasteiger partial charge in [0.15, 0.2) is 0 Å². The molecule has 0 unspecified atom stereocenters. The fourth-order valence-corrected chi connectivity index (χ4v) is 3.93. The Morgan fingerprint density at radius 1 is 1.15 bits per heavy atom. The number of carbonyl (C=O) groups is 4. The molecule has 2 N–H and O–H groups in total. The number of nitrogens with one attached hydrogen (secondary N) is 1. The highest BCUT2D eigenvalue weighted by molar-refractivity contribution is 6.34. The fourth-order valence-electron chi connectivity index (χ4n) is 3.93. The molecule has 0 saturated carbocycles. The van der Waals surface area contributed by atoms with Gasteiger partial charge in [0.05, 0.1) is 17.3 Å². The molecule has 0 radical (unpaired) electrons. The van der Waals surface area contributed by atoms with Crippen LogP contribution in [0.1, 0.15) is 47.1 Å². The normalized spacial score (nSPS) is 17.0. The Bertz CT molecular complexity index is 1050. The van der Waals surface area contributed by atoms with Crippen LogP contribution in [0.15, 0.2) is 42.0 Å². The smallest absolute Gasteiger partial charge is 0.331 e. The molecule has 0 fully saturated rings. The highest BCUT2D eigenvalue weighted by atomic mass is 16.4. The van der Waals surface area contributed by atoms with Gasteiger partial charge in [0.1, 0.15) is 6.04 Å². The third kappa shape index (κ3) is 5.73. The van der Waals surface area contributed by atoms with E-state index in [1.54, 1.807) is 38.4 Å². The predicted molar refractivity (Wildman–Crippen MR) is 132 cm³/mol. The number of carboxylic acid groups (broad SMARTS) is 1. The van der Waals surface area contributed by atoms with Gasteiger partial charge in [-0.25, -0.2) is 4.79 Å². The Morgan fingerprint density at radius 2 is 1.74 bits per heavy atom. The van der Waals surface area contributed by atoms with Crippen LogP contribution in [-0.4, -0.2) is 59.9 Å². The average molecular weight is 470 g/mol. The predicted octanol–water partition coefficient (Wildman–Crippen LogP) is 3.09. The molecule has 1 aromatic carbocycles. The van der Waals surface area contributed by atoms with E-state index in [-0.39, 0.29) is 28.9 Å². The van der Waals surface area contributed by atoms with Crippen molar-refractivity contribution in [3.05, 3.63) is 47.6 Å². The number of fused-ring (bicyclic) bond motifs is 1. The summed E-state index contributed by atoms with van der Waals surface area (Å²) in [6.45, 7) is 10.8. The van der Waals surface area contributed by atoms with Crippen molar-refractivity contribution in [1.29, 1.82) is 0 Å². The van der Waals surface area contributed by atoms with Gasteiger partial charge >= 0.3 is 5.97 Å². The molecule has 0 spiro atoms. The number of carbonyl (C=O) groups excluding carboxylic acids is 3. The van der Waals surface area contributed by atoms with Crippen LogP contribution in [0.5, 0.6) is 0 Å². The quantitative estimate of drug-likeness (QED) is 0.597. The second-order valence-electron chi connectivity index (χ2n) is 10.1. The molecule has 3 amide bonds. The minimum absolute atomic E-state index is 0.0511. The Hall–Kier alpha value is -3.42. The van der Waals surface area contributed by atoms with Gasteiger partial charge in [0.2, 0.25) is 11.8 Å². The Morgan fingerprint density at radius 3 is 2.26 bits per heavy atom. The molecule has 34 heavy (non-hydrogen) atoms. The number of para-hydroxylation sites is 1. The number of hydrogen-bond donors (Lipinski definition) is 2. The Kier molecular flexibility index (Phi) is 8.08. The zero-order chi connectivity index (χ0) is 26.0. The zero-order valence-corrected chi connectivity index (χ0v) is 21.2. The maximum Gasteiger partial charge on any atom is 0.331 e. The monoisotopic (exact) mass is 469 g/mol. The van der Waals surface area contributed by atoms with E-state index in [2.05, 4.69) is 5.32 Å². The van der Waals surface area contributed by atoms with E-state index in [1.807, 2.05) is 40.7 Å². The maximum absolute atomic E-state index is 13.5. The highest BCUT2D eigenvalue weighted by Gasteiger charge is 2.37. The molecule has 8 nitrogen and oxygen atoms in total. The van der Waals surface area contributed by atoms with Crippen LogP contribution >= 0.6 is 0 Å². The van der Waals surface area contributed by atoms with E-state index in [0.29, 0.717) is 5.56 Å². The van der Waals surface area contributed by atoms with Gasteiger partial charge in [-0.15, -0.1) is 0 Å². The van der Waals surface area contributed by atoms with E-state index in [0.717, 1.165) is 5.69 Å². The highest BCUT2D eigenvalue weighted by Crippen LogP contribution is 2.35. The minimum Gasteiger partial charge on any atom is -0.478 e. The van der Waals surface area contributed by atoms with Gasteiger partial charge in [0.25, 0.3) is 5.91 Å². The third-order valence-electron chi connectivity index (χ3n) is 6.00. The summed E-state index contributed by atoms with van der Waals surface area (Å²) in [6, 6.07) is 5.83. The molecule has 1 aliphatic heterocycles. The van der Waals surface area contributed by atoms with E-state index in [1.165, 1.54) is 22.8 Å². The van der Waals surface area contributed by atoms with E-state index >= 15 is 0 Å². The Labute approximate surface area is 201 Å². The molecule has 0 aliphatic carbocycles. The summed E-state index contributed by atoms with van der Waals surface area (Å²) in [5.41, 5.74) is 1.15. The molecule has 1 aromatic rings. The topological polar surface area (TPSA) is 107 Å². The summed E-state index contributed by atoms with van der Waals surface area (Å²) in [5.74, 6) is -2.28. The first kappa shape index (κ1) is 26.8. The van der Waals surface area contributed by atoms with Crippen LogP contribution < -0.4 is 10.2 Å². The fraction of sp³-hybridized carbons (Fsp3) is 0.462. The number of carboxylic acids is 1. The van der Waals surface area contributed by atoms with Crippen molar-refractivity contribution >= 4 is 35.0 Å². The lowest BCUT2D eigenvalue weighted by Crippen LogP contribution is -2.56. The van der Waals surface area contributed by atoms with Gasteiger partial charge in [-0.2, -0.15) is 0 Å². The number of likely N-dealkylation sites (N-methyl/N-ethyl adjacent to an activating group) is 2. The largest absolute Gasteiger partial charge is 0.478 e. The zero-order valence-electron chi connectivity index (χ0n) is 21.2. The van der Waals surface area contributed by atoms with Crippen molar-refractivity contribution in [3.8, 4) is 0 Å². The van der Waals surface area contributed by atoms with Crippen molar-refractivity contribution in [1.82, 2.24) is 10.2 Å². The molecule has 1 aliphatic rings. The van der Waals surface area contributed by atoms with Crippen molar-refractivity contribution < 1.29 is 24.3 Å². The van der Waals surface area contributed by atoms with Crippen LogP contribution in [0.4, 0.5) is 5.69 Å². The van der Waals surface area contributed by atoms with Crippen LogP contribution in [0.3, 0.4) is 0 Å². The number of rotatable bonds is 7. The van der Waals surface area contributed by atoms with Crippen LogP contribution in [0.25, 0.3) is 5.57 Å². The van der Waals surface area contributed by atoms with Crippen LogP contribution in [0.2, 0.25) is 0 Å². The lowest BCUT2D eigenvalue weighted by molar-refractivity contribution is -0.139. The van der Waals surface area contributed by atoms with E-state index in [9.17, 15) is 24.3 Å². The first-order chi connectivity index (χ1) is 15.7. The lowest BCUT2D eigenvalue weighted by atomic mass is 9.85. The molecule has 0 aromatic heterocycles. The van der Waals surface area contributed by atoms with Crippen LogP contribution in [-0.2, 0) is 19.2 Å². The summed E-state index contributed by atoms with van der Waals surface area (Å²) in [7, 11) is 3.25. The van der Waals surface area contributed by atoms with E-state index in [4.69, 9.17) is 0 Å². The summed E-state index contributed by atoms with van der Waals surface area (Å²) >= 11 is 0. The van der Waals surface area contributed by atoms with E-state index < -0.39 is 29.4 Å². The minimum atomic E-state index is -1.05. The van der Waals surface area contributed by atoms with Gasteiger partial charge in [0, 0.05) is 31.3 Å². The second-order valence-corrected chi connectivity index (χ2v) is 10.1. The lowest BCUT2D eigenvalue weighted by Gasteiger charge is -2.37. The second kappa shape index (κ2) is 10.2. The molecule has 184 valence electrons. The van der Waals surface area contributed by atoms with Crippen molar-refractivity contribution in [2.45, 2.75) is 53.6 Å². The molecule has 1 heterocycles. The number of benzene rings is 1. The van der Waals surface area contributed by atoms with Gasteiger partial charge in [-0.3, -0.25) is 14.4 Å².